The Labute approximate surface area is 451 Å². The van der Waals surface area contributed by atoms with Crippen LogP contribution in [0.15, 0.2) is 0 Å². The molecule has 35 atom stereocenters. The fourth-order valence-electron chi connectivity index (χ4n) is 10.4. The van der Waals surface area contributed by atoms with E-state index in [0.717, 1.165) is 0 Å². The normalized spacial score (nSPS) is 54.7. The minimum atomic E-state index is -2.21. The van der Waals surface area contributed by atoms with E-state index in [9.17, 15) is 107 Å². The van der Waals surface area contributed by atoms with Crippen LogP contribution in [0.1, 0.15) is 0 Å². The van der Waals surface area contributed by atoms with Crippen molar-refractivity contribution >= 4 is 0 Å². The topological polar surface area (TPSA) is 554 Å². The predicted octanol–water partition coefficient (Wildman–Crippen LogP) is -15.2. The van der Waals surface area contributed by atoms with E-state index in [1.54, 1.807) is 0 Å². The summed E-state index contributed by atoms with van der Waals surface area (Å²) in [5.41, 5.74) is 0. The monoisotopic (exact) mass is 1200 g/mol. The molecule has 21 N–H and O–H groups in total. The van der Waals surface area contributed by atoms with Gasteiger partial charge in [0.2, 0.25) is 0 Å². The molecule has 14 bridgehead atoms. The largest absolute Gasteiger partial charge is 0.394 e. The van der Waals surface area contributed by atoms with Crippen molar-refractivity contribution in [2.45, 2.75) is 215 Å². The zero-order valence-electron chi connectivity index (χ0n) is 40.6. The molecular formula is C42H70CuO35. The van der Waals surface area contributed by atoms with Gasteiger partial charge >= 0.3 is 0 Å². The first kappa shape index (κ1) is 64.7. The van der Waals surface area contributed by atoms with Crippen LogP contribution in [0.3, 0.4) is 0 Å². The average molecular weight is 1200 g/mol. The Bertz CT molecular complexity index is 1470. The number of rotatable bonds is 7. The second-order valence-corrected chi connectivity index (χ2v) is 19.7. The molecule has 0 saturated carbocycles. The van der Waals surface area contributed by atoms with E-state index < -0.39 is 261 Å². The molecule has 0 unspecified atom stereocenters. The first-order valence-corrected chi connectivity index (χ1v) is 24.6. The Balaban J connectivity index is 0.00000882. The molecule has 21 fully saturated rings. The first-order valence-electron chi connectivity index (χ1n) is 24.6. The second kappa shape index (κ2) is 27.4. The van der Waals surface area contributed by atoms with Crippen molar-refractivity contribution in [3.8, 4) is 0 Å². The molecule has 0 aromatic heterocycles. The zero-order valence-corrected chi connectivity index (χ0v) is 41.5. The molecule has 35 nitrogen and oxygen atoms in total. The molecule has 21 rings (SSSR count). The SMILES string of the molecule is OC[C@H]1O[C@@H]2O[C@H]3[C@H](O)[C@@H](O)[C@@H](O[C@H]4[C@H](O)[C@@H](O)[C@@H](O[C@H]5[C@H](O)[C@@H](O)[C@@H](O[C@H]6[C@H](O)[C@@H](O)[C@@H](O[C@H]7[C@H](O)[C@@H](O)[C@@H](O[C@H]8[C@H](O)[C@@H](O)[C@@H](O[C@H]1[C@H](O)[C@H]2O)O[C@@H]8CO)O[C@@H]7CO)O[C@@H]6CO)O[C@@H]5CO)O[C@@H]4CO)O[C@@H]3CO.[Cu]. The van der Waals surface area contributed by atoms with Gasteiger partial charge in [-0.25, -0.2) is 0 Å². The van der Waals surface area contributed by atoms with Crippen LogP contribution in [0, 0.1) is 0 Å². The molecule has 0 amide bonds. The van der Waals surface area contributed by atoms with Crippen LogP contribution in [0.4, 0.5) is 0 Å². The van der Waals surface area contributed by atoms with Gasteiger partial charge in [0, 0.05) is 17.1 Å². The first-order chi connectivity index (χ1) is 36.7. The van der Waals surface area contributed by atoms with E-state index in [-0.39, 0.29) is 17.1 Å². The summed E-state index contributed by atoms with van der Waals surface area (Å²) in [6, 6.07) is 0. The van der Waals surface area contributed by atoms with Gasteiger partial charge in [0.25, 0.3) is 0 Å². The van der Waals surface area contributed by atoms with Crippen LogP contribution in [0.5, 0.6) is 0 Å². The summed E-state index contributed by atoms with van der Waals surface area (Å²) in [4.78, 5) is 0. The summed E-state index contributed by atoms with van der Waals surface area (Å²) in [7, 11) is 0. The Morgan fingerprint density at radius 2 is 0.269 bits per heavy atom. The Hall–Kier alpha value is -0.881. The molecular weight excluding hydrogens is 1130 g/mol. The summed E-state index contributed by atoms with van der Waals surface area (Å²) in [5, 5.41) is 230. The van der Waals surface area contributed by atoms with E-state index in [1.807, 2.05) is 0 Å². The molecule has 0 aromatic rings. The Morgan fingerprint density at radius 1 is 0.167 bits per heavy atom. The van der Waals surface area contributed by atoms with E-state index in [4.69, 9.17) is 66.3 Å². The average Bonchev–Trinajstić information content (AvgIpc) is 3.51. The van der Waals surface area contributed by atoms with E-state index in [1.165, 1.54) is 0 Å². The van der Waals surface area contributed by atoms with Gasteiger partial charge in [0.15, 0.2) is 44.0 Å². The van der Waals surface area contributed by atoms with Gasteiger partial charge in [0.05, 0.1) is 46.2 Å². The van der Waals surface area contributed by atoms with Gasteiger partial charge < -0.3 is 174 Å². The minimum absolute atomic E-state index is 0. The van der Waals surface area contributed by atoms with Crippen LogP contribution < -0.4 is 0 Å². The van der Waals surface area contributed by atoms with Crippen molar-refractivity contribution in [2.24, 2.45) is 0 Å². The molecule has 0 aliphatic carbocycles. The molecule has 78 heavy (non-hydrogen) atoms. The van der Waals surface area contributed by atoms with Gasteiger partial charge in [-0.3, -0.25) is 0 Å². The molecule has 459 valence electrons. The smallest absolute Gasteiger partial charge is 0.187 e. The summed E-state index contributed by atoms with van der Waals surface area (Å²) < 4.78 is 79.5. The molecule has 0 aromatic carbocycles. The number of aliphatic hydroxyl groups excluding tert-OH is 21. The maximum absolute atomic E-state index is 11.3. The van der Waals surface area contributed by atoms with Gasteiger partial charge in [0.1, 0.15) is 171 Å². The molecule has 36 heteroatoms. The fraction of sp³-hybridized carbons (Fsp3) is 1.00. The third kappa shape index (κ3) is 12.6. The summed E-state index contributed by atoms with van der Waals surface area (Å²) in [5.74, 6) is 0. The quantitative estimate of drug-likeness (QED) is 0.105. The van der Waals surface area contributed by atoms with E-state index >= 15 is 0 Å². The maximum Gasteiger partial charge on any atom is 0.187 e. The number of ether oxygens (including phenoxy) is 14. The van der Waals surface area contributed by atoms with Crippen LogP contribution in [0.25, 0.3) is 0 Å². The summed E-state index contributed by atoms with van der Waals surface area (Å²) in [6.45, 7) is -7.33. The van der Waals surface area contributed by atoms with Gasteiger partial charge in [-0.1, -0.05) is 0 Å². The molecule has 0 spiro atoms. The van der Waals surface area contributed by atoms with Crippen LogP contribution in [0.2, 0.25) is 0 Å². The summed E-state index contributed by atoms with van der Waals surface area (Å²) in [6.07, 6.45) is -70.2. The van der Waals surface area contributed by atoms with Crippen molar-refractivity contribution in [1.29, 1.82) is 0 Å². The van der Waals surface area contributed by atoms with Crippen molar-refractivity contribution in [2.75, 3.05) is 46.2 Å². The second-order valence-electron chi connectivity index (χ2n) is 19.7. The molecule has 21 heterocycles. The third-order valence-corrected chi connectivity index (χ3v) is 14.8. The maximum atomic E-state index is 11.3. The third-order valence-electron chi connectivity index (χ3n) is 14.8. The minimum Gasteiger partial charge on any atom is -0.394 e. The molecule has 1 radical (unpaired) electrons. The van der Waals surface area contributed by atoms with Crippen molar-refractivity contribution in [3.05, 3.63) is 0 Å². The van der Waals surface area contributed by atoms with Gasteiger partial charge in [-0.2, -0.15) is 0 Å². The van der Waals surface area contributed by atoms with Crippen molar-refractivity contribution in [1.82, 2.24) is 0 Å². The van der Waals surface area contributed by atoms with Gasteiger partial charge in [-0.15, -0.1) is 0 Å². The molecule has 21 aliphatic heterocycles. The Morgan fingerprint density at radius 3 is 0.359 bits per heavy atom. The van der Waals surface area contributed by atoms with Crippen LogP contribution in [-0.2, 0) is 83.4 Å². The number of aliphatic hydroxyl groups is 21. The predicted molar refractivity (Wildman–Crippen MR) is 228 cm³/mol. The molecule has 21 saturated heterocycles. The van der Waals surface area contributed by atoms with Crippen LogP contribution >= 0.6 is 0 Å². The van der Waals surface area contributed by atoms with Crippen molar-refractivity contribution < 1.29 is 191 Å². The fourth-order valence-corrected chi connectivity index (χ4v) is 10.4. The van der Waals surface area contributed by atoms with Gasteiger partial charge in [-0.05, 0) is 0 Å². The Kier molecular flexibility index (Phi) is 22.8. The molecule has 21 aliphatic rings. The van der Waals surface area contributed by atoms with E-state index in [0.29, 0.717) is 0 Å². The standard InChI is InChI=1S/C42H70O35.Cu/c43-1-8-29-15(50)22(57)36(64-8)72-30-9(2-44)66-38(24(59)17(30)52)74-32-11(4-46)68-40(26(61)19(32)54)76-34-13(6-48)70-42(28(63)21(34)56)77-35-14(7-49)69-41(27(62)20(35)55)75-33-12(5-47)67-39(25(60)18(33)53)73-31-10(3-45)65-37(71-29)23(58)16(31)51;/h8-63H,1-7H2;/t8-,9-,10-,11-,12-,13-,14-,15-,16-,17-,18-,19-,20-,21-,22-,23-,24-,25-,26-,27-,28-,29-,30-,31-,32-,33-,34-,35-,36-,37-,38-,39-,40-,41-,42-;/m1./s1. The number of hydrogen-bond donors (Lipinski definition) is 21. The van der Waals surface area contributed by atoms with Crippen molar-refractivity contribution in [3.63, 3.8) is 0 Å². The zero-order chi connectivity index (χ0) is 56.1. The van der Waals surface area contributed by atoms with Crippen LogP contribution in [-0.4, -0.2) is 368 Å². The summed E-state index contributed by atoms with van der Waals surface area (Å²) >= 11 is 0. The number of hydrogen-bond acceptors (Lipinski definition) is 35. The van der Waals surface area contributed by atoms with E-state index in [2.05, 4.69) is 0 Å².